The van der Waals surface area contributed by atoms with Crippen molar-refractivity contribution in [1.82, 2.24) is 15.1 Å². The Morgan fingerprint density at radius 3 is 2.67 bits per heavy atom. The lowest BCUT2D eigenvalue weighted by molar-refractivity contribution is -0.0467. The van der Waals surface area contributed by atoms with E-state index in [0.29, 0.717) is 31.5 Å². The van der Waals surface area contributed by atoms with Crippen molar-refractivity contribution in [1.29, 1.82) is 0 Å². The molecule has 0 aliphatic carbocycles. The van der Waals surface area contributed by atoms with Crippen LogP contribution in [0.25, 0.3) is 0 Å². The van der Waals surface area contributed by atoms with Crippen LogP contribution in [0.4, 0.5) is 0 Å². The van der Waals surface area contributed by atoms with E-state index in [-0.39, 0.29) is 11.5 Å². The molecule has 2 aliphatic rings. The molecule has 2 aliphatic heterocycles. The summed E-state index contributed by atoms with van der Waals surface area (Å²) in [6.45, 7) is 4.42. The van der Waals surface area contributed by atoms with Crippen LogP contribution in [-0.4, -0.2) is 32.6 Å². The van der Waals surface area contributed by atoms with Gasteiger partial charge in [-0.3, -0.25) is 4.79 Å². The second kappa shape index (κ2) is 5.54. The molecule has 3 heterocycles. The number of rotatable bonds is 3. The highest BCUT2D eigenvalue weighted by atomic mass is 16.3. The SMILES string of the molecule is CC(C)c1ccc(=O)n(CC2(O)CC3CCCC(C2)N3)n1. The van der Waals surface area contributed by atoms with Crippen molar-refractivity contribution in [2.45, 2.75) is 76.1 Å². The Kier molecular flexibility index (Phi) is 3.88. The van der Waals surface area contributed by atoms with Crippen LogP contribution in [0, 0.1) is 0 Å². The molecule has 2 bridgehead atoms. The third-order valence-electron chi connectivity index (χ3n) is 4.75. The molecular weight excluding hydrogens is 266 g/mol. The smallest absolute Gasteiger partial charge is 0.266 e. The first-order valence-electron chi connectivity index (χ1n) is 8.02. The van der Waals surface area contributed by atoms with E-state index in [9.17, 15) is 9.90 Å². The van der Waals surface area contributed by atoms with Gasteiger partial charge >= 0.3 is 0 Å². The fourth-order valence-corrected chi connectivity index (χ4v) is 3.73. The van der Waals surface area contributed by atoms with Crippen LogP contribution in [-0.2, 0) is 6.54 Å². The van der Waals surface area contributed by atoms with Gasteiger partial charge < -0.3 is 10.4 Å². The average Bonchev–Trinajstić information content (AvgIpc) is 2.40. The third-order valence-corrected chi connectivity index (χ3v) is 4.75. The molecule has 0 radical (unpaired) electrons. The minimum Gasteiger partial charge on any atom is -0.388 e. The normalized spacial score (nSPS) is 32.4. The van der Waals surface area contributed by atoms with Crippen molar-refractivity contribution in [3.8, 4) is 0 Å². The lowest BCUT2D eigenvalue weighted by Crippen LogP contribution is -2.57. The maximum absolute atomic E-state index is 12.0. The largest absolute Gasteiger partial charge is 0.388 e. The zero-order valence-corrected chi connectivity index (χ0v) is 12.9. The van der Waals surface area contributed by atoms with E-state index in [2.05, 4.69) is 24.3 Å². The van der Waals surface area contributed by atoms with Gasteiger partial charge in [0.15, 0.2) is 0 Å². The molecule has 0 amide bonds. The quantitative estimate of drug-likeness (QED) is 0.883. The van der Waals surface area contributed by atoms with Crippen LogP contribution in [0.5, 0.6) is 0 Å². The Morgan fingerprint density at radius 2 is 2.05 bits per heavy atom. The van der Waals surface area contributed by atoms with Gasteiger partial charge in [0.25, 0.3) is 5.56 Å². The molecule has 5 nitrogen and oxygen atoms in total. The second-order valence-electron chi connectivity index (χ2n) is 7.03. The van der Waals surface area contributed by atoms with Crippen molar-refractivity contribution in [2.75, 3.05) is 0 Å². The van der Waals surface area contributed by atoms with Crippen LogP contribution in [0.15, 0.2) is 16.9 Å². The predicted octanol–water partition coefficient (Wildman–Crippen LogP) is 1.40. The van der Waals surface area contributed by atoms with Gasteiger partial charge in [-0.2, -0.15) is 5.10 Å². The van der Waals surface area contributed by atoms with Gasteiger partial charge in [0, 0.05) is 18.2 Å². The Bertz CT molecular complexity index is 555. The maximum Gasteiger partial charge on any atom is 0.266 e. The molecule has 3 rings (SSSR count). The van der Waals surface area contributed by atoms with E-state index < -0.39 is 5.60 Å². The Balaban J connectivity index is 1.82. The van der Waals surface area contributed by atoms with E-state index in [1.165, 1.54) is 11.1 Å². The van der Waals surface area contributed by atoms with Crippen molar-refractivity contribution in [3.05, 3.63) is 28.2 Å². The number of aliphatic hydroxyl groups is 1. The number of hydrogen-bond acceptors (Lipinski definition) is 4. The fraction of sp³-hybridized carbons (Fsp3) is 0.750. The summed E-state index contributed by atoms with van der Waals surface area (Å²) in [5.41, 5.74) is -0.0446. The monoisotopic (exact) mass is 291 g/mol. The molecule has 2 unspecified atom stereocenters. The highest BCUT2D eigenvalue weighted by molar-refractivity contribution is 5.05. The van der Waals surface area contributed by atoms with Crippen LogP contribution >= 0.6 is 0 Å². The van der Waals surface area contributed by atoms with E-state index in [0.717, 1.165) is 18.5 Å². The van der Waals surface area contributed by atoms with Gasteiger partial charge in [0.2, 0.25) is 0 Å². The number of nitrogens with zero attached hydrogens (tertiary/aromatic N) is 2. The number of hydrogen-bond donors (Lipinski definition) is 2. The first-order chi connectivity index (χ1) is 9.95. The Hall–Kier alpha value is -1.20. The van der Waals surface area contributed by atoms with Gasteiger partial charge in [-0.25, -0.2) is 4.68 Å². The zero-order valence-electron chi connectivity index (χ0n) is 12.9. The molecule has 0 aromatic carbocycles. The lowest BCUT2D eigenvalue weighted by atomic mass is 9.77. The summed E-state index contributed by atoms with van der Waals surface area (Å²) in [6.07, 6.45) is 4.90. The van der Waals surface area contributed by atoms with Crippen LogP contribution in [0.1, 0.15) is 57.6 Å². The number of aromatic nitrogens is 2. The molecule has 2 N–H and O–H groups in total. The fourth-order valence-electron chi connectivity index (χ4n) is 3.73. The van der Waals surface area contributed by atoms with Crippen LogP contribution in [0.2, 0.25) is 0 Å². The molecule has 0 spiro atoms. The minimum atomic E-state index is -0.812. The highest BCUT2D eigenvalue weighted by Gasteiger charge is 2.41. The molecule has 2 atom stereocenters. The second-order valence-corrected chi connectivity index (χ2v) is 7.03. The summed E-state index contributed by atoms with van der Waals surface area (Å²) in [6, 6.07) is 4.11. The summed E-state index contributed by atoms with van der Waals surface area (Å²) >= 11 is 0. The van der Waals surface area contributed by atoms with E-state index in [4.69, 9.17) is 0 Å². The summed E-state index contributed by atoms with van der Waals surface area (Å²) in [5, 5.41) is 18.9. The maximum atomic E-state index is 12.0. The number of nitrogens with one attached hydrogen (secondary N) is 1. The van der Waals surface area contributed by atoms with Crippen molar-refractivity contribution in [2.24, 2.45) is 0 Å². The molecule has 2 saturated heterocycles. The molecular formula is C16H25N3O2. The van der Waals surface area contributed by atoms with Crippen molar-refractivity contribution in [3.63, 3.8) is 0 Å². The van der Waals surface area contributed by atoms with Crippen LogP contribution in [0.3, 0.4) is 0 Å². The number of fused-ring (bicyclic) bond motifs is 2. The molecule has 1 aromatic heterocycles. The topological polar surface area (TPSA) is 67.2 Å². The predicted molar refractivity (Wildman–Crippen MR) is 81.3 cm³/mol. The molecule has 5 heteroatoms. The van der Waals surface area contributed by atoms with Crippen molar-refractivity contribution < 1.29 is 5.11 Å². The van der Waals surface area contributed by atoms with Crippen molar-refractivity contribution >= 4 is 0 Å². The standard InChI is InChI=1S/C16H25N3O2/c1-11(2)14-6-7-15(20)19(18-14)10-16(21)8-12-4-3-5-13(9-16)17-12/h6-7,11-13,17,21H,3-5,8-10H2,1-2H3. The molecule has 1 aromatic rings. The van der Waals surface area contributed by atoms with Gasteiger partial charge in [-0.15, -0.1) is 0 Å². The molecule has 2 fully saturated rings. The van der Waals surface area contributed by atoms with Gasteiger partial charge in [0.05, 0.1) is 17.8 Å². The van der Waals surface area contributed by atoms with E-state index in [1.807, 2.05) is 0 Å². The number of piperidine rings is 2. The van der Waals surface area contributed by atoms with E-state index in [1.54, 1.807) is 12.1 Å². The first-order valence-corrected chi connectivity index (χ1v) is 8.02. The summed E-state index contributed by atoms with van der Waals surface area (Å²) in [5.74, 6) is 0.277. The molecule has 0 saturated carbocycles. The minimum absolute atomic E-state index is 0.128. The molecule has 21 heavy (non-hydrogen) atoms. The summed E-state index contributed by atoms with van der Waals surface area (Å²) in [4.78, 5) is 12.0. The third kappa shape index (κ3) is 3.19. The summed E-state index contributed by atoms with van der Waals surface area (Å²) in [7, 11) is 0. The van der Waals surface area contributed by atoms with Gasteiger partial charge in [0.1, 0.15) is 0 Å². The average molecular weight is 291 g/mol. The zero-order chi connectivity index (χ0) is 15.0. The Morgan fingerprint density at radius 1 is 1.38 bits per heavy atom. The molecule has 116 valence electrons. The first kappa shape index (κ1) is 14.7. The Labute approximate surface area is 125 Å². The lowest BCUT2D eigenvalue weighted by Gasteiger charge is -2.45. The van der Waals surface area contributed by atoms with Gasteiger partial charge in [-0.05, 0) is 37.7 Å². The summed E-state index contributed by atoms with van der Waals surface area (Å²) < 4.78 is 1.45. The van der Waals surface area contributed by atoms with Gasteiger partial charge in [-0.1, -0.05) is 20.3 Å². The van der Waals surface area contributed by atoms with E-state index >= 15 is 0 Å². The van der Waals surface area contributed by atoms with Crippen LogP contribution < -0.4 is 10.9 Å². The highest BCUT2D eigenvalue weighted by Crippen LogP contribution is 2.33.